The summed E-state index contributed by atoms with van der Waals surface area (Å²) in [4.78, 5) is 21.7. The Balaban J connectivity index is 2.35. The van der Waals surface area contributed by atoms with E-state index in [2.05, 4.69) is 5.32 Å². The third-order valence-corrected chi connectivity index (χ3v) is 2.51. The lowest BCUT2D eigenvalue weighted by atomic mass is 10.1. The second-order valence-corrected chi connectivity index (χ2v) is 4.18. The second kappa shape index (κ2) is 7.33. The van der Waals surface area contributed by atoms with Gasteiger partial charge in [0.15, 0.2) is 6.10 Å². The molecule has 0 spiro atoms. The minimum atomic E-state index is -1.44. The maximum Gasteiger partial charge on any atom is 0.332 e. The molecule has 1 aromatic carbocycles. The molecule has 0 bridgehead atoms. The molecule has 0 aliphatic heterocycles. The summed E-state index contributed by atoms with van der Waals surface area (Å²) in [7, 11) is 0. The van der Waals surface area contributed by atoms with Gasteiger partial charge in [-0.25, -0.2) is 4.79 Å². The van der Waals surface area contributed by atoms with E-state index in [-0.39, 0.29) is 18.9 Å². The van der Waals surface area contributed by atoms with E-state index in [1.54, 1.807) is 6.08 Å². The van der Waals surface area contributed by atoms with Crippen LogP contribution in [-0.4, -0.2) is 34.7 Å². The molecule has 0 saturated carbocycles. The molecule has 3 N–H and O–H groups in total. The number of carboxylic acid groups (broad SMARTS) is 1. The van der Waals surface area contributed by atoms with Gasteiger partial charge in [0.1, 0.15) is 0 Å². The molecule has 5 nitrogen and oxygen atoms in total. The molecule has 1 amide bonds. The summed E-state index contributed by atoms with van der Waals surface area (Å²) in [5, 5.41) is 20.0. The molecule has 19 heavy (non-hydrogen) atoms. The van der Waals surface area contributed by atoms with Crippen molar-refractivity contribution in [1.29, 1.82) is 0 Å². The Morgan fingerprint density at radius 3 is 2.53 bits per heavy atom. The number of carbonyl (C=O) groups is 2. The van der Waals surface area contributed by atoms with Crippen LogP contribution in [0.15, 0.2) is 30.3 Å². The number of aliphatic carboxylic acids is 1. The van der Waals surface area contributed by atoms with E-state index < -0.39 is 12.1 Å². The van der Waals surface area contributed by atoms with Crippen LogP contribution in [0, 0.1) is 6.92 Å². The molecule has 0 aliphatic rings. The van der Waals surface area contributed by atoms with Crippen molar-refractivity contribution in [2.24, 2.45) is 0 Å². The maximum absolute atomic E-state index is 11.4. The van der Waals surface area contributed by atoms with Crippen molar-refractivity contribution in [1.82, 2.24) is 5.32 Å². The topological polar surface area (TPSA) is 86.6 Å². The van der Waals surface area contributed by atoms with Crippen LogP contribution in [0.2, 0.25) is 0 Å². The predicted molar refractivity (Wildman–Crippen MR) is 71.5 cm³/mol. The average Bonchev–Trinajstić information content (AvgIpc) is 2.37. The van der Waals surface area contributed by atoms with Gasteiger partial charge >= 0.3 is 5.97 Å². The fourth-order valence-corrected chi connectivity index (χ4v) is 1.36. The lowest BCUT2D eigenvalue weighted by Gasteiger charge is -2.05. The zero-order chi connectivity index (χ0) is 14.3. The highest BCUT2D eigenvalue weighted by atomic mass is 16.4. The van der Waals surface area contributed by atoms with E-state index in [0.29, 0.717) is 0 Å². The first-order valence-corrected chi connectivity index (χ1v) is 5.92. The van der Waals surface area contributed by atoms with Gasteiger partial charge in [0.05, 0.1) is 0 Å². The van der Waals surface area contributed by atoms with E-state index in [9.17, 15) is 9.59 Å². The van der Waals surface area contributed by atoms with Crippen LogP contribution in [0.25, 0.3) is 6.08 Å². The van der Waals surface area contributed by atoms with Crippen molar-refractivity contribution in [3.63, 3.8) is 0 Å². The minimum absolute atomic E-state index is 0.0144. The van der Waals surface area contributed by atoms with Crippen molar-refractivity contribution < 1.29 is 19.8 Å². The van der Waals surface area contributed by atoms with E-state index in [1.807, 2.05) is 31.2 Å². The van der Waals surface area contributed by atoms with Crippen LogP contribution in [0.3, 0.4) is 0 Å². The van der Waals surface area contributed by atoms with Gasteiger partial charge in [-0.3, -0.25) is 4.79 Å². The quantitative estimate of drug-likeness (QED) is 0.667. The smallest absolute Gasteiger partial charge is 0.332 e. The summed E-state index contributed by atoms with van der Waals surface area (Å²) in [6, 6.07) is 7.68. The van der Waals surface area contributed by atoms with Crippen LogP contribution < -0.4 is 5.32 Å². The van der Waals surface area contributed by atoms with E-state index in [1.165, 1.54) is 6.08 Å². The van der Waals surface area contributed by atoms with Gasteiger partial charge in [-0.1, -0.05) is 29.8 Å². The normalized spacial score (nSPS) is 12.3. The van der Waals surface area contributed by atoms with E-state index >= 15 is 0 Å². The summed E-state index contributed by atoms with van der Waals surface area (Å²) < 4.78 is 0. The summed E-state index contributed by atoms with van der Waals surface area (Å²) in [6.07, 6.45) is 1.58. The summed E-state index contributed by atoms with van der Waals surface area (Å²) in [5.41, 5.74) is 2.05. The Bertz CT molecular complexity index is 465. The molecule has 0 heterocycles. The van der Waals surface area contributed by atoms with Crippen LogP contribution >= 0.6 is 0 Å². The Morgan fingerprint density at radius 1 is 1.32 bits per heavy atom. The first-order valence-electron chi connectivity index (χ1n) is 5.92. The number of nitrogens with one attached hydrogen (secondary N) is 1. The molecule has 1 aromatic rings. The number of rotatable bonds is 6. The van der Waals surface area contributed by atoms with Gasteiger partial charge in [0.2, 0.25) is 5.91 Å². The standard InChI is InChI=1S/C14H17NO4/c1-10-2-4-11(5-3-10)6-7-13(17)15-9-8-12(16)14(18)19/h2-7,12,16H,8-9H2,1H3,(H,15,17)(H,18,19)/b7-6+. The highest BCUT2D eigenvalue weighted by molar-refractivity contribution is 5.91. The first kappa shape index (κ1) is 14.9. The van der Waals surface area contributed by atoms with Gasteiger partial charge < -0.3 is 15.5 Å². The summed E-state index contributed by atoms with van der Waals surface area (Å²) in [6.45, 7) is 2.10. The molecule has 1 atom stereocenters. The zero-order valence-corrected chi connectivity index (χ0v) is 10.7. The number of carboxylic acids is 1. The number of carbonyl (C=O) groups excluding carboxylic acids is 1. The molecular weight excluding hydrogens is 246 g/mol. The predicted octanol–water partition coefficient (Wildman–Crippen LogP) is 0.960. The number of hydrogen-bond acceptors (Lipinski definition) is 3. The number of hydrogen-bond donors (Lipinski definition) is 3. The Labute approximate surface area is 111 Å². The number of benzene rings is 1. The molecule has 0 radical (unpaired) electrons. The van der Waals surface area contributed by atoms with E-state index in [4.69, 9.17) is 10.2 Å². The highest BCUT2D eigenvalue weighted by Crippen LogP contribution is 2.04. The van der Waals surface area contributed by atoms with Crippen molar-refractivity contribution in [3.05, 3.63) is 41.5 Å². The van der Waals surface area contributed by atoms with Gasteiger partial charge in [-0.05, 0) is 18.6 Å². The summed E-state index contributed by atoms with van der Waals surface area (Å²) >= 11 is 0. The fourth-order valence-electron chi connectivity index (χ4n) is 1.36. The van der Waals surface area contributed by atoms with Gasteiger partial charge in [-0.2, -0.15) is 0 Å². The monoisotopic (exact) mass is 263 g/mol. The summed E-state index contributed by atoms with van der Waals surface area (Å²) in [5.74, 6) is -1.61. The highest BCUT2D eigenvalue weighted by Gasteiger charge is 2.12. The lowest BCUT2D eigenvalue weighted by molar-refractivity contribution is -0.147. The maximum atomic E-state index is 11.4. The van der Waals surface area contributed by atoms with Crippen molar-refractivity contribution in [3.8, 4) is 0 Å². The fraction of sp³-hybridized carbons (Fsp3) is 0.286. The van der Waals surface area contributed by atoms with Crippen LogP contribution in [0.5, 0.6) is 0 Å². The number of aliphatic hydroxyl groups is 1. The molecule has 5 heteroatoms. The Kier molecular flexibility index (Phi) is 5.75. The number of aryl methyl sites for hydroxylation is 1. The SMILES string of the molecule is Cc1ccc(/C=C/C(=O)NCCC(O)C(=O)O)cc1. The van der Waals surface area contributed by atoms with Crippen LogP contribution in [0.1, 0.15) is 17.5 Å². The van der Waals surface area contributed by atoms with Gasteiger partial charge in [0, 0.05) is 19.0 Å². The zero-order valence-electron chi connectivity index (χ0n) is 10.7. The second-order valence-electron chi connectivity index (χ2n) is 4.18. The molecule has 0 fully saturated rings. The van der Waals surface area contributed by atoms with Gasteiger partial charge in [-0.15, -0.1) is 0 Å². The third kappa shape index (κ3) is 5.83. The average molecular weight is 263 g/mol. The molecule has 0 aromatic heterocycles. The molecule has 1 rings (SSSR count). The van der Waals surface area contributed by atoms with Gasteiger partial charge in [0.25, 0.3) is 0 Å². The van der Waals surface area contributed by atoms with Crippen LogP contribution in [0.4, 0.5) is 0 Å². The van der Waals surface area contributed by atoms with Crippen molar-refractivity contribution in [2.45, 2.75) is 19.4 Å². The van der Waals surface area contributed by atoms with E-state index in [0.717, 1.165) is 11.1 Å². The third-order valence-electron chi connectivity index (χ3n) is 2.51. The number of aliphatic hydroxyl groups excluding tert-OH is 1. The van der Waals surface area contributed by atoms with Crippen molar-refractivity contribution in [2.75, 3.05) is 6.54 Å². The first-order chi connectivity index (χ1) is 8.99. The Hall–Kier alpha value is -2.14. The number of amides is 1. The van der Waals surface area contributed by atoms with Crippen LogP contribution in [-0.2, 0) is 9.59 Å². The minimum Gasteiger partial charge on any atom is -0.479 e. The molecule has 0 aliphatic carbocycles. The molecule has 1 unspecified atom stereocenters. The molecule has 0 saturated heterocycles. The molecule has 102 valence electrons. The Morgan fingerprint density at radius 2 is 1.95 bits per heavy atom. The van der Waals surface area contributed by atoms with Crippen molar-refractivity contribution >= 4 is 18.0 Å². The largest absolute Gasteiger partial charge is 0.479 e. The molecular formula is C14H17NO4. The lowest BCUT2D eigenvalue weighted by Crippen LogP contribution is -2.28.